The van der Waals surface area contributed by atoms with Crippen molar-refractivity contribution in [2.45, 2.75) is 31.6 Å². The lowest BCUT2D eigenvalue weighted by Gasteiger charge is -2.46. The molecule has 2 aliphatic carbocycles. The summed E-state index contributed by atoms with van der Waals surface area (Å²) in [7, 11) is 0. The minimum atomic E-state index is -0.719. The third kappa shape index (κ3) is 9.15. The van der Waals surface area contributed by atoms with Gasteiger partial charge in [0.05, 0.1) is 11.4 Å². The highest BCUT2D eigenvalue weighted by Gasteiger charge is 2.59. The highest BCUT2D eigenvalue weighted by atomic mass is 15.2. The smallest absolute Gasteiger partial charge is 0.0543 e. The van der Waals surface area contributed by atoms with Crippen LogP contribution in [0.4, 0.5) is 34.1 Å². The molecule has 2 aliphatic rings. The van der Waals surface area contributed by atoms with Gasteiger partial charge < -0.3 is 9.80 Å². The molecule has 15 aromatic rings. The van der Waals surface area contributed by atoms with Gasteiger partial charge in [-0.3, -0.25) is 0 Å². The molecule has 0 spiro atoms. The summed E-state index contributed by atoms with van der Waals surface area (Å²) in [6, 6.07) is 122. The molecule has 0 saturated heterocycles. The van der Waals surface area contributed by atoms with Gasteiger partial charge in [0.1, 0.15) is 0 Å². The molecule has 15 aromatic carbocycles. The molecular formula is C93H68N2. The monoisotopic (exact) mass is 1210 g/mol. The summed E-state index contributed by atoms with van der Waals surface area (Å²) in [6.45, 7) is 11.8. The third-order valence-corrected chi connectivity index (χ3v) is 21.0. The molecule has 0 fully saturated rings. The molecular weight excluding hydrogens is 1150 g/mol. The van der Waals surface area contributed by atoms with E-state index in [1.807, 2.05) is 6.08 Å². The molecule has 2 atom stereocenters. The molecule has 95 heavy (non-hydrogen) atoms. The van der Waals surface area contributed by atoms with Crippen LogP contribution in [0.15, 0.2) is 346 Å². The zero-order valence-corrected chi connectivity index (χ0v) is 53.5. The number of rotatable bonds is 13. The van der Waals surface area contributed by atoms with Gasteiger partial charge in [0.2, 0.25) is 0 Å². The summed E-state index contributed by atoms with van der Waals surface area (Å²) in [5.41, 5.74) is 27.2. The van der Waals surface area contributed by atoms with Crippen LogP contribution in [0.3, 0.4) is 0 Å². The molecule has 0 N–H and O–H groups in total. The maximum atomic E-state index is 4.28. The molecule has 2 unspecified atom stereocenters. The Morgan fingerprint density at radius 1 is 0.284 bits per heavy atom. The third-order valence-electron chi connectivity index (χ3n) is 21.0. The topological polar surface area (TPSA) is 6.48 Å². The summed E-state index contributed by atoms with van der Waals surface area (Å²) < 4.78 is 0. The van der Waals surface area contributed by atoms with E-state index in [4.69, 9.17) is 0 Å². The van der Waals surface area contributed by atoms with Crippen LogP contribution in [0.2, 0.25) is 0 Å². The van der Waals surface area contributed by atoms with Crippen LogP contribution in [0.1, 0.15) is 47.2 Å². The van der Waals surface area contributed by atoms with Crippen LogP contribution < -0.4 is 9.80 Å². The fraction of sp³-hybridized carbons (Fsp3) is 0.0538. The van der Waals surface area contributed by atoms with E-state index in [0.29, 0.717) is 0 Å². The first-order chi connectivity index (χ1) is 46.8. The summed E-state index contributed by atoms with van der Waals surface area (Å²) in [6.07, 6.45) is 6.32. The number of nitrogens with zero attached hydrogens (tertiary/aromatic N) is 2. The van der Waals surface area contributed by atoms with Crippen molar-refractivity contribution in [3.05, 3.63) is 380 Å². The van der Waals surface area contributed by atoms with Gasteiger partial charge in [0, 0.05) is 44.5 Å². The molecule has 2 nitrogen and oxygen atoms in total. The van der Waals surface area contributed by atoms with E-state index in [2.05, 4.69) is 377 Å². The molecule has 0 heterocycles. The zero-order valence-electron chi connectivity index (χ0n) is 53.5. The Morgan fingerprint density at radius 3 is 0.989 bits per heavy atom. The quantitative estimate of drug-likeness (QED) is 0.106. The van der Waals surface area contributed by atoms with Crippen LogP contribution >= 0.6 is 0 Å². The van der Waals surface area contributed by atoms with Gasteiger partial charge in [-0.05, 0) is 189 Å². The Hall–Kier alpha value is -11.8. The minimum Gasteiger partial charge on any atom is -0.310 e. The minimum absolute atomic E-state index is 0.718. The first kappa shape index (κ1) is 57.1. The van der Waals surface area contributed by atoms with E-state index in [-0.39, 0.29) is 0 Å². The number of hydrogen-bond acceptors (Lipinski definition) is 2. The lowest BCUT2D eigenvalue weighted by atomic mass is 9.56. The van der Waals surface area contributed by atoms with Gasteiger partial charge in [0.15, 0.2) is 0 Å². The Morgan fingerprint density at radius 2 is 0.589 bits per heavy atom. The van der Waals surface area contributed by atoms with E-state index in [1.54, 1.807) is 0 Å². The summed E-state index contributed by atoms with van der Waals surface area (Å²) in [5.74, 6) is 0. The molecule has 450 valence electrons. The average Bonchev–Trinajstić information content (AvgIpc) is 1.48. The van der Waals surface area contributed by atoms with Crippen molar-refractivity contribution >= 4 is 72.5 Å². The Kier molecular flexibility index (Phi) is 13.9. The van der Waals surface area contributed by atoms with Crippen molar-refractivity contribution < 1.29 is 0 Å². The lowest BCUT2D eigenvalue weighted by molar-refractivity contribution is 0.376. The molecule has 0 saturated carbocycles. The fourth-order valence-electron chi connectivity index (χ4n) is 16.2. The number of benzene rings is 15. The Labute approximate surface area is 557 Å². The maximum Gasteiger partial charge on any atom is 0.0543 e. The summed E-state index contributed by atoms with van der Waals surface area (Å²) in [5, 5.41) is 7.35. The van der Waals surface area contributed by atoms with Gasteiger partial charge in [-0.1, -0.05) is 306 Å². The fourth-order valence-corrected chi connectivity index (χ4v) is 16.2. The summed E-state index contributed by atoms with van der Waals surface area (Å²) >= 11 is 0. The molecule has 0 radical (unpaired) electrons. The molecule has 0 amide bonds. The van der Waals surface area contributed by atoms with Crippen LogP contribution in [0, 0.1) is 6.92 Å². The molecule has 0 aliphatic heterocycles. The SMILES string of the molecule is C=C/C=C\c1c(N(c2ccc(-c3ccccc3)cc2)c2ccc(-c3ccccc3)cc2)cc2c(c1C)-c1c(ccc3ccccc13)C2(C)C1(C)c2ccc3ccccc3c2-c2c1cc(N(c1ccc(-c3ccccc3)cc1)c1ccc(-c3ccccc3)cc1)c1ccccc21. The number of fused-ring (bicyclic) bond motifs is 12. The normalized spacial score (nSPS) is 15.2. The van der Waals surface area contributed by atoms with E-state index >= 15 is 0 Å². The van der Waals surface area contributed by atoms with Crippen molar-refractivity contribution in [3.63, 3.8) is 0 Å². The van der Waals surface area contributed by atoms with Crippen LogP contribution in [-0.4, -0.2) is 0 Å². The van der Waals surface area contributed by atoms with Gasteiger partial charge >= 0.3 is 0 Å². The van der Waals surface area contributed by atoms with E-state index in [9.17, 15) is 0 Å². The second kappa shape index (κ2) is 23.1. The van der Waals surface area contributed by atoms with Crippen molar-refractivity contribution in [2.24, 2.45) is 0 Å². The van der Waals surface area contributed by atoms with Crippen LogP contribution in [-0.2, 0) is 10.8 Å². The van der Waals surface area contributed by atoms with Crippen LogP contribution in [0.5, 0.6) is 0 Å². The predicted octanol–water partition coefficient (Wildman–Crippen LogP) is 25.5. The highest BCUT2D eigenvalue weighted by Crippen LogP contribution is 2.69. The first-order valence-electron chi connectivity index (χ1n) is 33.1. The predicted molar refractivity (Wildman–Crippen MR) is 404 cm³/mol. The maximum absolute atomic E-state index is 4.28. The van der Waals surface area contributed by atoms with Crippen molar-refractivity contribution in [1.29, 1.82) is 0 Å². The first-order valence-corrected chi connectivity index (χ1v) is 33.1. The Balaban J connectivity index is 0.964. The molecule has 0 bridgehead atoms. The summed E-state index contributed by atoms with van der Waals surface area (Å²) in [4.78, 5) is 5.02. The van der Waals surface area contributed by atoms with Crippen LogP contribution in [0.25, 0.3) is 105 Å². The Bertz CT molecular complexity index is 5320. The second-order valence-electron chi connectivity index (χ2n) is 25.8. The highest BCUT2D eigenvalue weighted by molar-refractivity contribution is 6.16. The molecule has 2 heteroatoms. The van der Waals surface area contributed by atoms with Gasteiger partial charge in [-0.15, -0.1) is 0 Å². The van der Waals surface area contributed by atoms with E-state index in [0.717, 1.165) is 39.7 Å². The second-order valence-corrected chi connectivity index (χ2v) is 25.8. The van der Waals surface area contributed by atoms with Gasteiger partial charge in [-0.25, -0.2) is 0 Å². The van der Waals surface area contributed by atoms with Gasteiger partial charge in [0.25, 0.3) is 0 Å². The largest absolute Gasteiger partial charge is 0.310 e. The van der Waals surface area contributed by atoms with Crippen molar-refractivity contribution in [1.82, 2.24) is 0 Å². The standard InChI is InChI=1S/C93H68N2/c1-5-6-35-77-62(2)88-84(60-86(77)94(73-50-40-67(41-51-73)63-25-11-7-12-26-63)74-52-42-68(43-53-74)64-27-13-8-14-28-64)92(3,82-58-48-71-33-19-21-36-78(71)89(82)88)93(4)83-59-49-72-34-20-22-37-79(72)90(83)91-81-39-24-23-38-80(81)87(61-85(91)93)95(75-54-44-69(45-55-75)65-29-15-9-16-30-65)76-56-46-70(47-57-76)66-31-17-10-18-32-66/h5-61H,1H2,2-4H3/b35-6-. The number of anilines is 6. The lowest BCUT2D eigenvalue weighted by Crippen LogP contribution is -2.44. The number of allylic oxidation sites excluding steroid dienone is 2. The molecule has 17 rings (SSSR count). The van der Waals surface area contributed by atoms with Crippen molar-refractivity contribution in [2.75, 3.05) is 9.80 Å². The van der Waals surface area contributed by atoms with Gasteiger partial charge in [-0.2, -0.15) is 0 Å². The molecule has 0 aromatic heterocycles. The van der Waals surface area contributed by atoms with E-state index < -0.39 is 10.8 Å². The number of hydrogen-bond donors (Lipinski definition) is 0. The van der Waals surface area contributed by atoms with E-state index in [1.165, 1.54) is 127 Å². The average molecular weight is 1210 g/mol. The van der Waals surface area contributed by atoms with Crippen molar-refractivity contribution in [3.8, 4) is 66.8 Å². The zero-order chi connectivity index (χ0) is 63.8.